The van der Waals surface area contributed by atoms with Gasteiger partial charge in [-0.05, 0) is 23.1 Å². The second-order valence-corrected chi connectivity index (χ2v) is 6.56. The predicted octanol–water partition coefficient (Wildman–Crippen LogP) is 1.37. The maximum absolute atomic E-state index is 11.5. The van der Waals surface area contributed by atoms with E-state index in [-0.39, 0.29) is 6.04 Å². The molecular formula is C12H18N2O2S. The number of fused-ring (bicyclic) bond motifs is 1. The molecule has 2 rings (SSSR count). The van der Waals surface area contributed by atoms with Gasteiger partial charge >= 0.3 is 0 Å². The summed E-state index contributed by atoms with van der Waals surface area (Å²) < 4.78 is 24.4. The molecule has 1 heterocycles. The van der Waals surface area contributed by atoms with Gasteiger partial charge < -0.3 is 5.73 Å². The van der Waals surface area contributed by atoms with Crippen LogP contribution in [-0.2, 0) is 23.1 Å². The van der Waals surface area contributed by atoms with Crippen molar-refractivity contribution in [2.24, 2.45) is 5.73 Å². The zero-order valence-corrected chi connectivity index (χ0v) is 11.0. The van der Waals surface area contributed by atoms with Crippen molar-refractivity contribution in [3.8, 4) is 0 Å². The number of rotatable bonds is 3. The zero-order valence-electron chi connectivity index (χ0n) is 10.2. The molecule has 0 amide bonds. The molecule has 5 heteroatoms. The topological polar surface area (TPSA) is 63.4 Å². The molecule has 0 aliphatic carbocycles. The summed E-state index contributed by atoms with van der Waals surface area (Å²) in [7, 11) is -3.11. The SMILES string of the molecule is CCC(N)c1ccc2c(c1)CN(S(C)(=O)=O)C2. The lowest BCUT2D eigenvalue weighted by atomic mass is 10.0. The molecule has 0 bridgehead atoms. The number of nitrogens with two attached hydrogens (primary N) is 1. The fourth-order valence-electron chi connectivity index (χ4n) is 2.08. The van der Waals surface area contributed by atoms with E-state index in [0.29, 0.717) is 13.1 Å². The highest BCUT2D eigenvalue weighted by molar-refractivity contribution is 7.88. The summed E-state index contributed by atoms with van der Waals surface area (Å²) in [6.45, 7) is 2.99. The van der Waals surface area contributed by atoms with E-state index < -0.39 is 10.0 Å². The minimum atomic E-state index is -3.11. The number of sulfonamides is 1. The monoisotopic (exact) mass is 254 g/mol. The predicted molar refractivity (Wildman–Crippen MR) is 67.8 cm³/mol. The van der Waals surface area contributed by atoms with E-state index in [9.17, 15) is 8.42 Å². The largest absolute Gasteiger partial charge is 0.324 e. The third-order valence-electron chi connectivity index (χ3n) is 3.26. The van der Waals surface area contributed by atoms with Crippen molar-refractivity contribution in [3.05, 3.63) is 34.9 Å². The van der Waals surface area contributed by atoms with Crippen LogP contribution >= 0.6 is 0 Å². The normalized spacial score (nSPS) is 18.1. The highest BCUT2D eigenvalue weighted by Crippen LogP contribution is 2.27. The average molecular weight is 254 g/mol. The van der Waals surface area contributed by atoms with Crippen LogP contribution in [0.1, 0.15) is 36.1 Å². The maximum Gasteiger partial charge on any atom is 0.211 e. The first kappa shape index (κ1) is 12.5. The van der Waals surface area contributed by atoms with Crippen molar-refractivity contribution in [2.45, 2.75) is 32.5 Å². The highest BCUT2D eigenvalue weighted by atomic mass is 32.2. The number of benzene rings is 1. The van der Waals surface area contributed by atoms with Crippen molar-refractivity contribution in [1.82, 2.24) is 4.31 Å². The van der Waals surface area contributed by atoms with Crippen LogP contribution in [0.4, 0.5) is 0 Å². The van der Waals surface area contributed by atoms with Gasteiger partial charge in [-0.2, -0.15) is 4.31 Å². The van der Waals surface area contributed by atoms with Crippen LogP contribution < -0.4 is 5.73 Å². The maximum atomic E-state index is 11.5. The Morgan fingerprint density at radius 3 is 2.59 bits per heavy atom. The molecule has 1 aliphatic heterocycles. The Labute approximate surface area is 102 Å². The van der Waals surface area contributed by atoms with Gasteiger partial charge in [0, 0.05) is 19.1 Å². The summed E-state index contributed by atoms with van der Waals surface area (Å²) in [5, 5.41) is 0. The van der Waals surface area contributed by atoms with Crippen molar-refractivity contribution in [3.63, 3.8) is 0 Å². The van der Waals surface area contributed by atoms with Crippen LogP contribution in [0.15, 0.2) is 18.2 Å². The van der Waals surface area contributed by atoms with Crippen LogP contribution in [0, 0.1) is 0 Å². The van der Waals surface area contributed by atoms with Gasteiger partial charge in [-0.1, -0.05) is 25.1 Å². The Bertz CT molecular complexity index is 525. The van der Waals surface area contributed by atoms with Gasteiger partial charge in [0.2, 0.25) is 10.0 Å². The molecule has 17 heavy (non-hydrogen) atoms. The van der Waals surface area contributed by atoms with Crippen LogP contribution in [0.25, 0.3) is 0 Å². The third-order valence-corrected chi connectivity index (χ3v) is 4.46. The molecule has 0 saturated heterocycles. The second-order valence-electron chi connectivity index (χ2n) is 4.57. The molecule has 0 fully saturated rings. The van der Waals surface area contributed by atoms with E-state index in [1.54, 1.807) is 0 Å². The Morgan fingerprint density at radius 2 is 2.00 bits per heavy atom. The third kappa shape index (κ3) is 2.51. The van der Waals surface area contributed by atoms with Gasteiger partial charge in [-0.3, -0.25) is 0 Å². The molecule has 94 valence electrons. The molecular weight excluding hydrogens is 236 g/mol. The zero-order chi connectivity index (χ0) is 12.6. The molecule has 1 aromatic rings. The summed E-state index contributed by atoms with van der Waals surface area (Å²) >= 11 is 0. The van der Waals surface area contributed by atoms with Crippen molar-refractivity contribution < 1.29 is 8.42 Å². The van der Waals surface area contributed by atoms with Crippen molar-refractivity contribution in [1.29, 1.82) is 0 Å². The van der Waals surface area contributed by atoms with Gasteiger partial charge in [0.15, 0.2) is 0 Å². The summed E-state index contributed by atoms with van der Waals surface area (Å²) in [5.74, 6) is 0. The Balaban J connectivity index is 2.28. The van der Waals surface area contributed by atoms with Crippen molar-refractivity contribution in [2.75, 3.05) is 6.26 Å². The van der Waals surface area contributed by atoms with Crippen LogP contribution in [0.3, 0.4) is 0 Å². The smallest absolute Gasteiger partial charge is 0.211 e. The molecule has 2 N–H and O–H groups in total. The summed E-state index contributed by atoms with van der Waals surface area (Å²) in [6.07, 6.45) is 2.13. The lowest BCUT2D eigenvalue weighted by molar-refractivity contribution is 0.436. The quantitative estimate of drug-likeness (QED) is 0.886. The molecule has 0 saturated carbocycles. The number of hydrogen-bond donors (Lipinski definition) is 1. The molecule has 0 aromatic heterocycles. The van der Waals surface area contributed by atoms with E-state index in [4.69, 9.17) is 5.73 Å². The molecule has 0 radical (unpaired) electrons. The number of nitrogens with zero attached hydrogens (tertiary/aromatic N) is 1. The van der Waals surface area contributed by atoms with Crippen LogP contribution in [0.2, 0.25) is 0 Å². The average Bonchev–Trinajstić information content (AvgIpc) is 2.70. The van der Waals surface area contributed by atoms with Gasteiger partial charge in [-0.15, -0.1) is 0 Å². The Hall–Kier alpha value is -0.910. The van der Waals surface area contributed by atoms with Crippen LogP contribution in [-0.4, -0.2) is 19.0 Å². The summed E-state index contributed by atoms with van der Waals surface area (Å²) in [6, 6.07) is 6.06. The Morgan fingerprint density at radius 1 is 1.35 bits per heavy atom. The summed E-state index contributed by atoms with van der Waals surface area (Å²) in [5.41, 5.74) is 9.23. The second kappa shape index (κ2) is 4.40. The standard InChI is InChI=1S/C12H18N2O2S/c1-3-12(13)9-4-5-10-7-14(17(2,15)16)8-11(10)6-9/h4-6,12H,3,7-8,13H2,1-2H3. The fraction of sp³-hybridized carbons (Fsp3) is 0.500. The Kier molecular flexibility index (Phi) is 3.25. The molecule has 1 atom stereocenters. The first-order valence-corrected chi connectivity index (χ1v) is 7.59. The first-order valence-electron chi connectivity index (χ1n) is 5.74. The van der Waals surface area contributed by atoms with Gasteiger partial charge in [0.1, 0.15) is 0 Å². The van der Waals surface area contributed by atoms with Crippen molar-refractivity contribution >= 4 is 10.0 Å². The van der Waals surface area contributed by atoms with Gasteiger partial charge in [0.25, 0.3) is 0 Å². The van der Waals surface area contributed by atoms with E-state index in [0.717, 1.165) is 23.1 Å². The minimum Gasteiger partial charge on any atom is -0.324 e. The summed E-state index contributed by atoms with van der Waals surface area (Å²) in [4.78, 5) is 0. The van der Waals surface area contributed by atoms with E-state index in [2.05, 4.69) is 0 Å². The van der Waals surface area contributed by atoms with E-state index >= 15 is 0 Å². The first-order chi connectivity index (χ1) is 7.91. The fourth-order valence-corrected chi connectivity index (χ4v) is 2.83. The molecule has 1 aliphatic rings. The van der Waals surface area contributed by atoms with E-state index in [1.807, 2.05) is 25.1 Å². The lowest BCUT2D eigenvalue weighted by Gasteiger charge is -2.11. The molecule has 1 aromatic carbocycles. The van der Waals surface area contributed by atoms with Crippen LogP contribution in [0.5, 0.6) is 0 Å². The molecule has 0 spiro atoms. The van der Waals surface area contributed by atoms with Gasteiger partial charge in [0.05, 0.1) is 6.26 Å². The molecule has 4 nitrogen and oxygen atoms in total. The van der Waals surface area contributed by atoms with Gasteiger partial charge in [-0.25, -0.2) is 8.42 Å². The van der Waals surface area contributed by atoms with E-state index in [1.165, 1.54) is 10.6 Å². The minimum absolute atomic E-state index is 0.0348. The lowest BCUT2D eigenvalue weighted by Crippen LogP contribution is -2.23. The number of hydrogen-bond acceptors (Lipinski definition) is 3. The highest BCUT2D eigenvalue weighted by Gasteiger charge is 2.26. The molecule has 1 unspecified atom stereocenters.